The van der Waals surface area contributed by atoms with E-state index in [2.05, 4.69) is 20.8 Å². The van der Waals surface area contributed by atoms with Crippen molar-refractivity contribution in [2.75, 3.05) is 0 Å². The van der Waals surface area contributed by atoms with Crippen LogP contribution in [-0.4, -0.2) is 32.0 Å². The fourth-order valence-electron chi connectivity index (χ4n) is 1.77. The molecule has 0 aromatic carbocycles. The van der Waals surface area contributed by atoms with Crippen LogP contribution in [0, 0.1) is 0 Å². The molecular weight excluding hydrogens is 159 g/mol. The number of hydrogen-bond acceptors (Lipinski definition) is 1. The molecule has 0 radical (unpaired) electrons. The van der Waals surface area contributed by atoms with Crippen LogP contribution < -0.4 is 0 Å². The second-order valence-corrected chi connectivity index (χ2v) is 7.42. The van der Waals surface area contributed by atoms with Crippen LogP contribution in [0.15, 0.2) is 0 Å². The fraction of sp³-hybridized carbons (Fsp3) is 1.00. The molecule has 0 rings (SSSR count). The van der Waals surface area contributed by atoms with Gasteiger partial charge in [0.05, 0.1) is 0 Å². The molecule has 3 heteroatoms. The fourth-order valence-corrected chi connectivity index (χ4v) is 5.31. The van der Waals surface area contributed by atoms with E-state index in [0.29, 0.717) is 0 Å². The number of rotatable bonds is 6. The van der Waals surface area contributed by atoms with Gasteiger partial charge in [-0.05, 0) is 18.1 Å². The van der Waals surface area contributed by atoms with Gasteiger partial charge in [-0.3, -0.25) is 0 Å². The van der Waals surface area contributed by atoms with Gasteiger partial charge >= 0.3 is 18.9 Å². The minimum atomic E-state index is -1.75. The van der Waals surface area contributed by atoms with Gasteiger partial charge in [-0.15, -0.1) is 0 Å². The third kappa shape index (κ3) is 6.31. The maximum atomic E-state index is 10.2. The second kappa shape index (κ2) is 8.38. The summed E-state index contributed by atoms with van der Waals surface area (Å²) in [6.07, 6.45) is 3.47. The molecule has 0 spiro atoms. The zero-order valence-corrected chi connectivity index (χ0v) is 9.19. The van der Waals surface area contributed by atoms with Crippen molar-refractivity contribution in [3.8, 4) is 0 Å². The Balaban J connectivity index is 0. The van der Waals surface area contributed by atoms with Crippen LogP contribution in [0.25, 0.3) is 0 Å². The second-order valence-electron chi connectivity index (χ2n) is 3.47. The first-order chi connectivity index (χ1) is 5.18. The van der Waals surface area contributed by atoms with Crippen LogP contribution in [0.1, 0.15) is 40.0 Å². The summed E-state index contributed by atoms with van der Waals surface area (Å²) in [5.74, 6) is 0. The van der Waals surface area contributed by atoms with Crippen molar-refractivity contribution in [1.29, 1.82) is 0 Å². The van der Waals surface area contributed by atoms with Crippen LogP contribution in [0.4, 0.5) is 0 Å². The van der Waals surface area contributed by atoms with E-state index in [9.17, 15) is 4.80 Å². The first-order valence-corrected chi connectivity index (χ1v) is 7.47. The molecule has 0 heterocycles. The van der Waals surface area contributed by atoms with E-state index in [1.54, 1.807) is 0 Å². The molecule has 0 aromatic rings. The van der Waals surface area contributed by atoms with Crippen molar-refractivity contribution < 1.29 is 4.80 Å². The van der Waals surface area contributed by atoms with Crippen molar-refractivity contribution in [3.63, 3.8) is 0 Å². The van der Waals surface area contributed by atoms with E-state index in [0.717, 1.165) is 37.4 Å². The van der Waals surface area contributed by atoms with Crippen LogP contribution in [-0.2, 0) is 0 Å². The maximum absolute atomic E-state index is 10.2. The molecule has 0 aliphatic rings. The van der Waals surface area contributed by atoms with Crippen molar-refractivity contribution >= 4 is 27.2 Å². The van der Waals surface area contributed by atoms with Gasteiger partial charge in [0, 0.05) is 0 Å². The van der Waals surface area contributed by atoms with E-state index < -0.39 is 8.32 Å². The van der Waals surface area contributed by atoms with Gasteiger partial charge < -0.3 is 4.80 Å². The average Bonchev–Trinajstić information content (AvgIpc) is 1.88. The normalized spacial score (nSPS) is 11.0. The Morgan fingerprint density at radius 2 is 1.08 bits per heavy atom. The van der Waals surface area contributed by atoms with E-state index >= 15 is 0 Å². The van der Waals surface area contributed by atoms with Gasteiger partial charge in [0.15, 0.2) is 8.32 Å². The van der Waals surface area contributed by atoms with E-state index in [1.807, 2.05) is 0 Å². The van der Waals surface area contributed by atoms with Gasteiger partial charge in [0.1, 0.15) is 0 Å². The Kier molecular flexibility index (Phi) is 10.6. The molecule has 0 aliphatic heterocycles. The predicted octanol–water partition coefficient (Wildman–Crippen LogP) is 2.51. The SMILES string of the molecule is CCC[Si](O)(CCC)CCC.[LiH]. The van der Waals surface area contributed by atoms with Crippen LogP contribution in [0.3, 0.4) is 0 Å². The predicted molar refractivity (Wildman–Crippen MR) is 60.4 cm³/mol. The molecule has 12 heavy (non-hydrogen) atoms. The van der Waals surface area contributed by atoms with Crippen LogP contribution >= 0.6 is 0 Å². The van der Waals surface area contributed by atoms with E-state index in [1.165, 1.54) is 0 Å². The summed E-state index contributed by atoms with van der Waals surface area (Å²) in [6.45, 7) is 6.51. The molecule has 0 aromatic heterocycles. The molecule has 70 valence electrons. The van der Waals surface area contributed by atoms with Gasteiger partial charge in [-0.1, -0.05) is 40.0 Å². The number of hydrogen-bond donors (Lipinski definition) is 1. The molecular formula is C9H23LiOSi. The Morgan fingerprint density at radius 3 is 1.25 bits per heavy atom. The topological polar surface area (TPSA) is 20.2 Å². The molecule has 0 aliphatic carbocycles. The standard InChI is InChI=1S/C9H22OSi.Li.H/c1-4-7-11(10,8-5-2)9-6-3;;/h10H,4-9H2,1-3H3;;. The summed E-state index contributed by atoms with van der Waals surface area (Å²) in [6, 6.07) is 3.32. The average molecular weight is 182 g/mol. The summed E-state index contributed by atoms with van der Waals surface area (Å²) in [7, 11) is -1.75. The molecule has 1 N–H and O–H groups in total. The Morgan fingerprint density at radius 1 is 0.833 bits per heavy atom. The van der Waals surface area contributed by atoms with Crippen molar-refractivity contribution in [3.05, 3.63) is 0 Å². The Hall–Kier alpha value is 0.774. The van der Waals surface area contributed by atoms with Crippen LogP contribution in [0.2, 0.25) is 18.1 Å². The third-order valence-corrected chi connectivity index (χ3v) is 6.44. The molecule has 0 amide bonds. The van der Waals surface area contributed by atoms with Gasteiger partial charge in [0.2, 0.25) is 0 Å². The molecule has 0 bridgehead atoms. The Bertz CT molecular complexity index is 81.5. The summed E-state index contributed by atoms with van der Waals surface area (Å²) in [5.41, 5.74) is 0. The minimum absolute atomic E-state index is 0. The molecule has 0 unspecified atom stereocenters. The zero-order chi connectivity index (χ0) is 8.74. The van der Waals surface area contributed by atoms with E-state index in [-0.39, 0.29) is 18.9 Å². The summed E-state index contributed by atoms with van der Waals surface area (Å²) >= 11 is 0. The van der Waals surface area contributed by atoms with Crippen molar-refractivity contribution in [2.45, 2.75) is 58.2 Å². The van der Waals surface area contributed by atoms with Gasteiger partial charge in [0.25, 0.3) is 0 Å². The summed E-state index contributed by atoms with van der Waals surface area (Å²) < 4.78 is 0. The zero-order valence-electron chi connectivity index (χ0n) is 8.19. The Labute approximate surface area is 90.3 Å². The van der Waals surface area contributed by atoms with E-state index in [4.69, 9.17) is 0 Å². The summed E-state index contributed by atoms with van der Waals surface area (Å²) in [4.78, 5) is 10.2. The van der Waals surface area contributed by atoms with Crippen molar-refractivity contribution in [1.82, 2.24) is 0 Å². The summed E-state index contributed by atoms with van der Waals surface area (Å²) in [5, 5.41) is 0. The first-order valence-electron chi connectivity index (χ1n) is 4.91. The van der Waals surface area contributed by atoms with Crippen molar-refractivity contribution in [2.24, 2.45) is 0 Å². The molecule has 0 saturated heterocycles. The van der Waals surface area contributed by atoms with Gasteiger partial charge in [-0.25, -0.2) is 0 Å². The molecule has 0 saturated carbocycles. The van der Waals surface area contributed by atoms with Crippen LogP contribution in [0.5, 0.6) is 0 Å². The molecule has 0 fully saturated rings. The first kappa shape index (κ1) is 15.3. The third-order valence-electron chi connectivity index (χ3n) is 2.15. The quantitative estimate of drug-likeness (QED) is 0.626. The monoisotopic (exact) mass is 182 g/mol. The molecule has 0 atom stereocenters. The molecule has 1 nitrogen and oxygen atoms in total. The van der Waals surface area contributed by atoms with Gasteiger partial charge in [-0.2, -0.15) is 0 Å².